The van der Waals surface area contributed by atoms with Gasteiger partial charge in [-0.2, -0.15) is 0 Å². The summed E-state index contributed by atoms with van der Waals surface area (Å²) >= 11 is 0. The zero-order chi connectivity index (χ0) is 14.8. The second-order valence-electron chi connectivity index (χ2n) is 7.52. The fourth-order valence-electron chi connectivity index (χ4n) is 2.81. The molecule has 0 spiro atoms. The van der Waals surface area contributed by atoms with E-state index in [0.29, 0.717) is 11.3 Å². The molecule has 0 aliphatic carbocycles. The summed E-state index contributed by atoms with van der Waals surface area (Å²) in [4.78, 5) is 0. The first-order chi connectivity index (χ1) is 9.33. The van der Waals surface area contributed by atoms with E-state index in [4.69, 9.17) is 4.74 Å². The molecule has 2 nitrogen and oxygen atoms in total. The first-order valence-electron chi connectivity index (χ1n) is 7.80. The third kappa shape index (κ3) is 3.76. The number of para-hydroxylation sites is 1. The van der Waals surface area contributed by atoms with E-state index >= 15 is 0 Å². The lowest BCUT2D eigenvalue weighted by atomic mass is 9.77. The van der Waals surface area contributed by atoms with Crippen LogP contribution in [0.2, 0.25) is 0 Å². The molecule has 1 aliphatic heterocycles. The van der Waals surface area contributed by atoms with Gasteiger partial charge in [0.1, 0.15) is 5.75 Å². The highest BCUT2D eigenvalue weighted by Crippen LogP contribution is 2.41. The molecular weight excluding hydrogens is 246 g/mol. The van der Waals surface area contributed by atoms with Gasteiger partial charge in [0, 0.05) is 23.6 Å². The van der Waals surface area contributed by atoms with Gasteiger partial charge in [0.2, 0.25) is 0 Å². The highest BCUT2D eigenvalue weighted by Gasteiger charge is 2.32. The van der Waals surface area contributed by atoms with E-state index in [2.05, 4.69) is 64.2 Å². The van der Waals surface area contributed by atoms with Gasteiger partial charge in [-0.25, -0.2) is 0 Å². The molecular formula is C18H29NO. The maximum absolute atomic E-state index is 5.83. The molecule has 1 aliphatic rings. The van der Waals surface area contributed by atoms with Crippen LogP contribution in [0.1, 0.15) is 58.9 Å². The van der Waals surface area contributed by atoms with Crippen molar-refractivity contribution < 1.29 is 4.74 Å². The van der Waals surface area contributed by atoms with Gasteiger partial charge in [0.15, 0.2) is 0 Å². The van der Waals surface area contributed by atoms with Crippen LogP contribution in [-0.2, 0) is 0 Å². The number of nitrogens with one attached hydrogen (secondary N) is 1. The zero-order valence-corrected chi connectivity index (χ0v) is 13.6. The molecule has 2 unspecified atom stereocenters. The maximum Gasteiger partial charge on any atom is 0.122 e. The fraction of sp³-hybridized carbons (Fsp3) is 0.667. The smallest absolute Gasteiger partial charge is 0.122 e. The van der Waals surface area contributed by atoms with Crippen molar-refractivity contribution in [3.63, 3.8) is 0 Å². The van der Waals surface area contributed by atoms with Crippen molar-refractivity contribution in [1.82, 2.24) is 5.32 Å². The van der Waals surface area contributed by atoms with Gasteiger partial charge in [-0.3, -0.25) is 0 Å². The number of benzene rings is 1. The van der Waals surface area contributed by atoms with Crippen molar-refractivity contribution in [3.8, 4) is 5.75 Å². The second-order valence-corrected chi connectivity index (χ2v) is 7.52. The van der Waals surface area contributed by atoms with Crippen molar-refractivity contribution in [1.29, 1.82) is 0 Å². The summed E-state index contributed by atoms with van der Waals surface area (Å²) < 4.78 is 5.83. The minimum Gasteiger partial charge on any atom is -0.493 e. The third-order valence-electron chi connectivity index (χ3n) is 4.44. The monoisotopic (exact) mass is 275 g/mol. The molecule has 1 aromatic carbocycles. The Morgan fingerprint density at radius 3 is 2.55 bits per heavy atom. The Balaban J connectivity index is 2.04. The Morgan fingerprint density at radius 2 is 1.90 bits per heavy atom. The first kappa shape index (κ1) is 15.4. The molecule has 0 amide bonds. The molecule has 2 atom stereocenters. The lowest BCUT2D eigenvalue weighted by Gasteiger charge is -2.34. The molecule has 1 heterocycles. The summed E-state index contributed by atoms with van der Waals surface area (Å²) in [6, 6.07) is 8.49. The van der Waals surface area contributed by atoms with Gasteiger partial charge in [-0.1, -0.05) is 32.0 Å². The Hall–Kier alpha value is -1.02. The summed E-state index contributed by atoms with van der Waals surface area (Å²) in [6.07, 6.45) is 2.37. The molecule has 20 heavy (non-hydrogen) atoms. The minimum absolute atomic E-state index is 0.181. The third-order valence-corrected chi connectivity index (χ3v) is 4.44. The number of hydrogen-bond acceptors (Lipinski definition) is 2. The minimum atomic E-state index is 0.181. The SMILES string of the molecule is CCC(C)(CNC(C)(C)C)CC1COc2ccccc21. The number of hydrogen-bond donors (Lipinski definition) is 1. The van der Waals surface area contributed by atoms with E-state index in [0.717, 1.165) is 18.9 Å². The Bertz CT molecular complexity index is 449. The summed E-state index contributed by atoms with van der Waals surface area (Å²) in [5.41, 5.74) is 1.89. The van der Waals surface area contributed by atoms with Crippen LogP contribution < -0.4 is 10.1 Å². The largest absolute Gasteiger partial charge is 0.493 e. The quantitative estimate of drug-likeness (QED) is 0.862. The highest BCUT2D eigenvalue weighted by molar-refractivity contribution is 5.39. The number of fused-ring (bicyclic) bond motifs is 1. The van der Waals surface area contributed by atoms with Crippen LogP contribution in [0.4, 0.5) is 0 Å². The van der Waals surface area contributed by atoms with E-state index in [-0.39, 0.29) is 5.54 Å². The van der Waals surface area contributed by atoms with E-state index < -0.39 is 0 Å². The maximum atomic E-state index is 5.83. The average Bonchev–Trinajstić information content (AvgIpc) is 2.79. The molecule has 0 bridgehead atoms. The van der Waals surface area contributed by atoms with Crippen molar-refractivity contribution in [2.45, 2.75) is 58.9 Å². The van der Waals surface area contributed by atoms with Crippen molar-refractivity contribution >= 4 is 0 Å². The number of ether oxygens (including phenoxy) is 1. The second kappa shape index (κ2) is 5.77. The van der Waals surface area contributed by atoms with Crippen LogP contribution in [-0.4, -0.2) is 18.7 Å². The zero-order valence-electron chi connectivity index (χ0n) is 13.6. The van der Waals surface area contributed by atoms with Gasteiger partial charge in [-0.15, -0.1) is 0 Å². The van der Waals surface area contributed by atoms with E-state index in [1.54, 1.807) is 0 Å². The Kier molecular flexibility index (Phi) is 4.43. The van der Waals surface area contributed by atoms with Crippen LogP contribution >= 0.6 is 0 Å². The van der Waals surface area contributed by atoms with Crippen molar-refractivity contribution in [2.24, 2.45) is 5.41 Å². The molecule has 0 fully saturated rings. The Morgan fingerprint density at radius 1 is 1.20 bits per heavy atom. The molecule has 112 valence electrons. The first-order valence-corrected chi connectivity index (χ1v) is 7.80. The van der Waals surface area contributed by atoms with Crippen LogP contribution in [0.3, 0.4) is 0 Å². The van der Waals surface area contributed by atoms with Crippen molar-refractivity contribution in [2.75, 3.05) is 13.2 Å². The van der Waals surface area contributed by atoms with Gasteiger partial charge >= 0.3 is 0 Å². The van der Waals surface area contributed by atoms with Crippen LogP contribution in [0, 0.1) is 5.41 Å². The summed E-state index contributed by atoms with van der Waals surface area (Å²) in [6.45, 7) is 13.3. The van der Waals surface area contributed by atoms with Gasteiger partial charge in [0.05, 0.1) is 6.61 Å². The molecule has 1 N–H and O–H groups in total. The average molecular weight is 275 g/mol. The van der Waals surface area contributed by atoms with E-state index in [1.165, 1.54) is 18.4 Å². The Labute approximate surface area is 123 Å². The summed E-state index contributed by atoms with van der Waals surface area (Å²) in [7, 11) is 0. The summed E-state index contributed by atoms with van der Waals surface area (Å²) in [5.74, 6) is 1.62. The molecule has 2 rings (SSSR count). The lowest BCUT2D eigenvalue weighted by Crippen LogP contribution is -2.43. The molecule has 1 aromatic rings. The number of rotatable bonds is 5. The van der Waals surface area contributed by atoms with Crippen LogP contribution in [0.25, 0.3) is 0 Å². The molecule has 2 heteroatoms. The van der Waals surface area contributed by atoms with Crippen LogP contribution in [0.5, 0.6) is 5.75 Å². The standard InChI is InChI=1S/C18H29NO/c1-6-18(5,13-19-17(2,3)4)11-14-12-20-16-10-8-7-9-15(14)16/h7-10,14,19H,6,11-13H2,1-5H3. The normalized spacial score (nSPS) is 21.1. The molecule has 0 saturated heterocycles. The van der Waals surface area contributed by atoms with Crippen LogP contribution in [0.15, 0.2) is 24.3 Å². The molecule has 0 saturated carbocycles. The predicted octanol–water partition coefficient (Wildman–Crippen LogP) is 4.36. The van der Waals surface area contributed by atoms with Gasteiger partial charge < -0.3 is 10.1 Å². The van der Waals surface area contributed by atoms with E-state index in [1.807, 2.05) is 0 Å². The molecule has 0 aromatic heterocycles. The lowest BCUT2D eigenvalue weighted by molar-refractivity contribution is 0.207. The van der Waals surface area contributed by atoms with E-state index in [9.17, 15) is 0 Å². The van der Waals surface area contributed by atoms with Gasteiger partial charge in [0.25, 0.3) is 0 Å². The topological polar surface area (TPSA) is 21.3 Å². The predicted molar refractivity (Wildman–Crippen MR) is 85.4 cm³/mol. The van der Waals surface area contributed by atoms with Gasteiger partial charge in [-0.05, 0) is 45.1 Å². The fourth-order valence-corrected chi connectivity index (χ4v) is 2.81. The van der Waals surface area contributed by atoms with Crippen molar-refractivity contribution in [3.05, 3.63) is 29.8 Å². The highest BCUT2D eigenvalue weighted by atomic mass is 16.5. The molecule has 0 radical (unpaired) electrons. The summed E-state index contributed by atoms with van der Waals surface area (Å²) in [5, 5.41) is 3.67.